The van der Waals surface area contributed by atoms with Crippen molar-refractivity contribution in [3.8, 4) is 0 Å². The van der Waals surface area contributed by atoms with E-state index in [0.29, 0.717) is 10.7 Å². The summed E-state index contributed by atoms with van der Waals surface area (Å²) in [5, 5.41) is 0. The van der Waals surface area contributed by atoms with E-state index in [-0.39, 0.29) is 0 Å². The summed E-state index contributed by atoms with van der Waals surface area (Å²) in [6.07, 6.45) is 2.22. The third-order valence-corrected chi connectivity index (χ3v) is 5.40. The summed E-state index contributed by atoms with van der Waals surface area (Å²) in [5.41, 5.74) is 5.72. The van der Waals surface area contributed by atoms with Gasteiger partial charge in [0.2, 0.25) is 0 Å². The lowest BCUT2D eigenvalue weighted by atomic mass is 9.91. The van der Waals surface area contributed by atoms with Gasteiger partial charge in [-0.25, -0.2) is 0 Å². The maximum atomic E-state index is 3.90. The summed E-state index contributed by atoms with van der Waals surface area (Å²) in [6.45, 7) is 6.75. The fourth-order valence-corrected chi connectivity index (χ4v) is 3.30. The molecule has 2 atom stereocenters. The van der Waals surface area contributed by atoms with Gasteiger partial charge in [0, 0.05) is 4.83 Å². The van der Waals surface area contributed by atoms with Crippen LogP contribution in [-0.4, -0.2) is 0 Å². The molecule has 0 bridgehead atoms. The normalized spacial score (nSPS) is 14.0. The van der Waals surface area contributed by atoms with Crippen LogP contribution in [0.2, 0.25) is 0 Å². The van der Waals surface area contributed by atoms with E-state index in [1.807, 2.05) is 0 Å². The number of alkyl halides is 1. The van der Waals surface area contributed by atoms with Crippen LogP contribution in [-0.2, 0) is 12.8 Å². The van der Waals surface area contributed by atoms with Crippen LogP contribution in [0.25, 0.3) is 0 Å². The molecule has 0 aliphatic heterocycles. The molecule has 2 aromatic carbocycles. The summed E-state index contributed by atoms with van der Waals surface area (Å²) >= 11 is 3.90. The first-order chi connectivity index (χ1) is 9.67. The fourth-order valence-electron chi connectivity index (χ4n) is 2.71. The number of halogens is 1. The standard InChI is InChI=1S/C19H23Br/c1-4-15-11-12-18(13-16(15)5-2)19(20)14(3)17-9-7-6-8-10-17/h6-14,19H,4-5H2,1-3H3. The van der Waals surface area contributed by atoms with E-state index in [1.54, 1.807) is 0 Å². The van der Waals surface area contributed by atoms with Crippen molar-refractivity contribution in [1.29, 1.82) is 0 Å². The van der Waals surface area contributed by atoms with Gasteiger partial charge in [-0.2, -0.15) is 0 Å². The van der Waals surface area contributed by atoms with Crippen molar-refractivity contribution in [2.45, 2.75) is 44.4 Å². The molecule has 2 unspecified atom stereocenters. The van der Waals surface area contributed by atoms with Gasteiger partial charge >= 0.3 is 0 Å². The topological polar surface area (TPSA) is 0 Å². The Morgan fingerprint density at radius 2 is 1.50 bits per heavy atom. The molecule has 0 saturated heterocycles. The monoisotopic (exact) mass is 330 g/mol. The van der Waals surface area contributed by atoms with E-state index in [2.05, 4.69) is 85.2 Å². The molecule has 0 nitrogen and oxygen atoms in total. The molecule has 1 heteroatoms. The van der Waals surface area contributed by atoms with E-state index in [1.165, 1.54) is 22.3 Å². The first-order valence-electron chi connectivity index (χ1n) is 7.48. The molecule has 0 radical (unpaired) electrons. The molecule has 0 amide bonds. The van der Waals surface area contributed by atoms with Gasteiger partial charge in [-0.05, 0) is 41.0 Å². The van der Waals surface area contributed by atoms with Crippen molar-refractivity contribution < 1.29 is 0 Å². The molecule has 0 aliphatic carbocycles. The molecule has 20 heavy (non-hydrogen) atoms. The molecular formula is C19H23Br. The molecule has 0 saturated carbocycles. The highest BCUT2D eigenvalue weighted by molar-refractivity contribution is 9.09. The number of rotatable bonds is 5. The van der Waals surface area contributed by atoms with Gasteiger partial charge in [-0.15, -0.1) is 0 Å². The second-order valence-electron chi connectivity index (χ2n) is 5.34. The summed E-state index contributed by atoms with van der Waals surface area (Å²) in [4.78, 5) is 0.362. The van der Waals surface area contributed by atoms with E-state index in [0.717, 1.165) is 12.8 Å². The number of hydrogen-bond acceptors (Lipinski definition) is 0. The number of hydrogen-bond donors (Lipinski definition) is 0. The van der Waals surface area contributed by atoms with Crippen LogP contribution in [0.3, 0.4) is 0 Å². The smallest absolute Gasteiger partial charge is 0.0461 e. The Kier molecular flexibility index (Phi) is 5.42. The highest BCUT2D eigenvalue weighted by atomic mass is 79.9. The summed E-state index contributed by atoms with van der Waals surface area (Å²) < 4.78 is 0. The maximum Gasteiger partial charge on any atom is 0.0461 e. The van der Waals surface area contributed by atoms with E-state index in [9.17, 15) is 0 Å². The largest absolute Gasteiger partial charge is 0.0832 e. The lowest BCUT2D eigenvalue weighted by Crippen LogP contribution is -2.03. The van der Waals surface area contributed by atoms with Crippen molar-refractivity contribution in [3.63, 3.8) is 0 Å². The average Bonchev–Trinajstić information content (AvgIpc) is 2.53. The van der Waals surface area contributed by atoms with Crippen molar-refractivity contribution >= 4 is 15.9 Å². The van der Waals surface area contributed by atoms with Crippen LogP contribution in [0, 0.1) is 0 Å². The minimum atomic E-state index is 0.362. The molecule has 0 aliphatic rings. The van der Waals surface area contributed by atoms with Crippen LogP contribution < -0.4 is 0 Å². The quantitative estimate of drug-likeness (QED) is 0.585. The molecule has 106 valence electrons. The zero-order chi connectivity index (χ0) is 14.5. The fraction of sp³-hybridized carbons (Fsp3) is 0.368. The molecule has 0 heterocycles. The van der Waals surface area contributed by atoms with Crippen LogP contribution in [0.5, 0.6) is 0 Å². The van der Waals surface area contributed by atoms with Gasteiger partial charge < -0.3 is 0 Å². The molecule has 2 aromatic rings. The predicted octanol–water partition coefficient (Wildman–Crippen LogP) is 6.05. The number of aryl methyl sites for hydroxylation is 2. The van der Waals surface area contributed by atoms with Crippen molar-refractivity contribution in [3.05, 3.63) is 70.8 Å². The Hall–Kier alpha value is -1.08. The summed E-state index contributed by atoms with van der Waals surface area (Å²) in [6, 6.07) is 17.7. The summed E-state index contributed by atoms with van der Waals surface area (Å²) in [5.74, 6) is 0.466. The second kappa shape index (κ2) is 7.08. The Morgan fingerprint density at radius 3 is 2.10 bits per heavy atom. The average molecular weight is 331 g/mol. The van der Waals surface area contributed by atoms with Crippen LogP contribution in [0.1, 0.15) is 53.8 Å². The van der Waals surface area contributed by atoms with Gasteiger partial charge in [0.1, 0.15) is 0 Å². The minimum absolute atomic E-state index is 0.362. The summed E-state index contributed by atoms with van der Waals surface area (Å²) in [7, 11) is 0. The minimum Gasteiger partial charge on any atom is -0.0832 e. The van der Waals surface area contributed by atoms with Crippen LogP contribution in [0.4, 0.5) is 0 Å². The number of benzene rings is 2. The van der Waals surface area contributed by atoms with Crippen molar-refractivity contribution in [2.24, 2.45) is 0 Å². The third-order valence-electron chi connectivity index (χ3n) is 4.07. The van der Waals surface area contributed by atoms with Gasteiger partial charge in [0.15, 0.2) is 0 Å². The zero-order valence-corrected chi connectivity index (χ0v) is 14.2. The van der Waals surface area contributed by atoms with Gasteiger partial charge in [-0.1, -0.05) is 85.2 Å². The van der Waals surface area contributed by atoms with Gasteiger partial charge in [0.25, 0.3) is 0 Å². The van der Waals surface area contributed by atoms with Gasteiger partial charge in [-0.3, -0.25) is 0 Å². The Morgan fingerprint density at radius 1 is 0.850 bits per heavy atom. The highest BCUT2D eigenvalue weighted by Gasteiger charge is 2.18. The molecule has 2 rings (SSSR count). The predicted molar refractivity (Wildman–Crippen MR) is 91.7 cm³/mol. The van der Waals surface area contributed by atoms with E-state index < -0.39 is 0 Å². The Bertz CT molecular complexity index is 545. The molecule has 0 aromatic heterocycles. The molecule has 0 spiro atoms. The zero-order valence-electron chi connectivity index (χ0n) is 12.6. The maximum absolute atomic E-state index is 3.90. The van der Waals surface area contributed by atoms with Gasteiger partial charge in [0.05, 0.1) is 0 Å². The molecular weight excluding hydrogens is 308 g/mol. The Balaban J connectivity index is 2.27. The van der Waals surface area contributed by atoms with Crippen molar-refractivity contribution in [2.75, 3.05) is 0 Å². The molecule has 0 N–H and O–H groups in total. The van der Waals surface area contributed by atoms with Crippen LogP contribution >= 0.6 is 15.9 Å². The third kappa shape index (κ3) is 3.32. The SMILES string of the molecule is CCc1ccc(C(Br)C(C)c2ccccc2)cc1CC. The first kappa shape index (κ1) is 15.3. The lowest BCUT2D eigenvalue weighted by Gasteiger charge is -2.20. The lowest BCUT2D eigenvalue weighted by molar-refractivity contribution is 0.750. The van der Waals surface area contributed by atoms with E-state index >= 15 is 0 Å². The van der Waals surface area contributed by atoms with Crippen LogP contribution in [0.15, 0.2) is 48.5 Å². The Labute approximate surface area is 131 Å². The van der Waals surface area contributed by atoms with E-state index in [4.69, 9.17) is 0 Å². The molecule has 0 fully saturated rings. The van der Waals surface area contributed by atoms with Crippen molar-refractivity contribution in [1.82, 2.24) is 0 Å². The second-order valence-corrected chi connectivity index (χ2v) is 6.32. The highest BCUT2D eigenvalue weighted by Crippen LogP contribution is 2.38. The first-order valence-corrected chi connectivity index (χ1v) is 8.39.